The Bertz CT molecular complexity index is 1050. The first-order valence-corrected chi connectivity index (χ1v) is 9.97. The van der Waals surface area contributed by atoms with E-state index in [4.69, 9.17) is 16.7 Å². The molecule has 0 aliphatic heterocycles. The van der Waals surface area contributed by atoms with Crippen molar-refractivity contribution in [3.05, 3.63) is 138 Å². The van der Waals surface area contributed by atoms with Crippen LogP contribution in [0.5, 0.6) is 0 Å². The molecule has 0 heterocycles. The highest BCUT2D eigenvalue weighted by atomic mass is 35.5. The predicted molar refractivity (Wildman–Crippen MR) is 120 cm³/mol. The summed E-state index contributed by atoms with van der Waals surface area (Å²) in [5.74, 6) is 0. The third-order valence-electron chi connectivity index (χ3n) is 4.98. The van der Waals surface area contributed by atoms with E-state index >= 15 is 0 Å². The largest absolute Gasteiger partial charge is 0.276 e. The lowest BCUT2D eigenvalue weighted by atomic mass is 9.78. The maximum atomic E-state index is 11.3. The van der Waals surface area contributed by atoms with Gasteiger partial charge in [-0.1, -0.05) is 91.0 Å². The van der Waals surface area contributed by atoms with Crippen LogP contribution in [-0.2, 0) is 5.54 Å². The first-order chi connectivity index (χ1) is 14.7. The molecule has 0 aromatic heterocycles. The van der Waals surface area contributed by atoms with Gasteiger partial charge in [-0.3, -0.25) is 4.79 Å². The molecular formula is C26H19ClN2O. The van der Waals surface area contributed by atoms with Crippen LogP contribution in [0, 0.1) is 0 Å². The van der Waals surface area contributed by atoms with Gasteiger partial charge in [0.05, 0.1) is 5.69 Å². The van der Waals surface area contributed by atoms with Crippen LogP contribution in [0.25, 0.3) is 0 Å². The van der Waals surface area contributed by atoms with Crippen LogP contribution in [-0.4, -0.2) is 5.24 Å². The molecule has 0 N–H and O–H groups in total. The Labute approximate surface area is 180 Å². The van der Waals surface area contributed by atoms with Crippen LogP contribution >= 0.6 is 11.6 Å². The van der Waals surface area contributed by atoms with Crippen LogP contribution in [0.1, 0.15) is 27.0 Å². The Hall–Kier alpha value is -3.56. The normalized spacial score (nSPS) is 11.5. The quantitative estimate of drug-likeness (QED) is 0.189. The average molecular weight is 411 g/mol. The van der Waals surface area contributed by atoms with Gasteiger partial charge < -0.3 is 0 Å². The third-order valence-corrected chi connectivity index (χ3v) is 5.20. The van der Waals surface area contributed by atoms with E-state index in [-0.39, 0.29) is 0 Å². The standard InChI is InChI=1S/C26H19ClN2O/c27-25(30)20-16-18-24(19-17-20)28-29-26(21-10-4-1-5-11-21,22-12-6-2-7-13-22)23-14-8-3-9-15-23/h1-19H/b29-28+. The van der Waals surface area contributed by atoms with Crippen molar-refractivity contribution >= 4 is 22.5 Å². The molecule has 0 aliphatic carbocycles. The van der Waals surface area contributed by atoms with E-state index in [0.717, 1.165) is 16.7 Å². The van der Waals surface area contributed by atoms with Gasteiger partial charge in [0, 0.05) is 5.56 Å². The average Bonchev–Trinajstić information content (AvgIpc) is 2.82. The fourth-order valence-corrected chi connectivity index (χ4v) is 3.63. The van der Waals surface area contributed by atoms with Crippen molar-refractivity contribution in [2.45, 2.75) is 5.54 Å². The summed E-state index contributed by atoms with van der Waals surface area (Å²) in [6.07, 6.45) is 0. The van der Waals surface area contributed by atoms with Gasteiger partial charge in [0.15, 0.2) is 5.54 Å². The van der Waals surface area contributed by atoms with Crippen LogP contribution in [0.2, 0.25) is 0 Å². The summed E-state index contributed by atoms with van der Waals surface area (Å²) in [5, 5.41) is 9.00. The molecule has 0 unspecified atom stereocenters. The van der Waals surface area contributed by atoms with Crippen molar-refractivity contribution < 1.29 is 4.79 Å². The minimum atomic E-state index is -0.815. The number of carbonyl (C=O) groups excluding carboxylic acids is 1. The number of benzene rings is 4. The van der Waals surface area contributed by atoms with E-state index in [0.29, 0.717) is 11.3 Å². The van der Waals surface area contributed by atoms with Gasteiger partial charge in [-0.2, -0.15) is 10.2 Å². The Morgan fingerprint density at radius 3 is 1.37 bits per heavy atom. The third kappa shape index (κ3) is 3.93. The molecule has 0 amide bonds. The summed E-state index contributed by atoms with van der Waals surface area (Å²) in [6, 6.07) is 37.2. The maximum Gasteiger partial charge on any atom is 0.252 e. The van der Waals surface area contributed by atoms with E-state index in [2.05, 4.69) is 41.5 Å². The Balaban J connectivity index is 1.92. The van der Waals surface area contributed by atoms with Crippen LogP contribution in [0.15, 0.2) is 125 Å². The summed E-state index contributed by atoms with van der Waals surface area (Å²) in [4.78, 5) is 11.3. The molecule has 0 saturated carbocycles. The van der Waals surface area contributed by atoms with Gasteiger partial charge in [-0.15, -0.1) is 0 Å². The summed E-state index contributed by atoms with van der Waals surface area (Å²) in [7, 11) is 0. The molecule has 4 aromatic carbocycles. The zero-order valence-corrected chi connectivity index (χ0v) is 16.9. The summed E-state index contributed by atoms with van der Waals surface area (Å²) in [6.45, 7) is 0. The van der Waals surface area contributed by atoms with Crippen LogP contribution in [0.4, 0.5) is 5.69 Å². The Kier molecular flexibility index (Phi) is 5.82. The number of hydrogen-bond donors (Lipinski definition) is 0. The van der Waals surface area contributed by atoms with Crippen molar-refractivity contribution in [1.82, 2.24) is 0 Å². The van der Waals surface area contributed by atoms with Crippen molar-refractivity contribution in [3.8, 4) is 0 Å². The highest BCUT2D eigenvalue weighted by Gasteiger charge is 2.36. The van der Waals surface area contributed by atoms with Crippen LogP contribution in [0.3, 0.4) is 0 Å². The summed E-state index contributed by atoms with van der Waals surface area (Å²) < 4.78 is 0. The monoisotopic (exact) mass is 410 g/mol. The van der Waals surface area contributed by atoms with Gasteiger partial charge in [0.2, 0.25) is 0 Å². The van der Waals surface area contributed by atoms with E-state index < -0.39 is 10.8 Å². The molecule has 0 fully saturated rings. The maximum absolute atomic E-state index is 11.3. The second-order valence-corrected chi connectivity index (χ2v) is 7.17. The molecule has 0 atom stereocenters. The number of halogens is 1. The minimum absolute atomic E-state index is 0.427. The molecule has 4 rings (SSSR count). The molecule has 3 nitrogen and oxygen atoms in total. The number of nitrogens with zero attached hydrogens (tertiary/aromatic N) is 2. The molecular weight excluding hydrogens is 392 g/mol. The first kappa shape index (κ1) is 19.7. The first-order valence-electron chi connectivity index (χ1n) is 9.59. The summed E-state index contributed by atoms with van der Waals surface area (Å²) >= 11 is 5.55. The smallest absolute Gasteiger partial charge is 0.252 e. The molecule has 0 spiro atoms. The van der Waals surface area contributed by atoms with Crippen LogP contribution < -0.4 is 0 Å². The van der Waals surface area contributed by atoms with Gasteiger partial charge in [0.1, 0.15) is 0 Å². The summed E-state index contributed by atoms with van der Waals surface area (Å²) in [5.41, 5.74) is 3.29. The second kappa shape index (κ2) is 8.85. The fourth-order valence-electron chi connectivity index (χ4n) is 3.50. The Morgan fingerprint density at radius 1 is 0.600 bits per heavy atom. The van der Waals surface area contributed by atoms with E-state index in [9.17, 15) is 4.79 Å². The lowest BCUT2D eigenvalue weighted by Gasteiger charge is -2.30. The second-order valence-electron chi connectivity index (χ2n) is 6.83. The number of carbonyl (C=O) groups is 1. The highest BCUT2D eigenvalue weighted by Crippen LogP contribution is 2.41. The van der Waals surface area contributed by atoms with Gasteiger partial charge in [0.25, 0.3) is 5.24 Å². The number of hydrogen-bond acceptors (Lipinski definition) is 3. The topological polar surface area (TPSA) is 41.8 Å². The van der Waals surface area contributed by atoms with E-state index in [1.54, 1.807) is 24.3 Å². The zero-order chi connectivity index (χ0) is 20.8. The van der Waals surface area contributed by atoms with Crippen molar-refractivity contribution in [2.75, 3.05) is 0 Å². The van der Waals surface area contributed by atoms with Gasteiger partial charge >= 0.3 is 0 Å². The Morgan fingerprint density at radius 2 is 1.00 bits per heavy atom. The SMILES string of the molecule is O=C(Cl)c1ccc(/N=N/C(c2ccccc2)(c2ccccc2)c2ccccc2)cc1. The lowest BCUT2D eigenvalue weighted by molar-refractivity contribution is 0.108. The highest BCUT2D eigenvalue weighted by molar-refractivity contribution is 6.67. The lowest BCUT2D eigenvalue weighted by Crippen LogP contribution is -2.26. The zero-order valence-electron chi connectivity index (χ0n) is 16.2. The predicted octanol–water partition coefficient (Wildman–Crippen LogP) is 7.14. The van der Waals surface area contributed by atoms with Crippen molar-refractivity contribution in [2.24, 2.45) is 10.2 Å². The van der Waals surface area contributed by atoms with Crippen molar-refractivity contribution in [3.63, 3.8) is 0 Å². The molecule has 4 heteroatoms. The molecule has 0 bridgehead atoms. The van der Waals surface area contributed by atoms with Crippen molar-refractivity contribution in [1.29, 1.82) is 0 Å². The minimum Gasteiger partial charge on any atom is -0.276 e. The molecule has 146 valence electrons. The molecule has 0 aliphatic rings. The molecule has 0 radical (unpaired) electrons. The molecule has 0 saturated heterocycles. The number of azo groups is 1. The molecule has 4 aromatic rings. The fraction of sp³-hybridized carbons (Fsp3) is 0.0385. The molecule has 30 heavy (non-hydrogen) atoms. The van der Waals surface area contributed by atoms with Gasteiger partial charge in [-0.25, -0.2) is 0 Å². The van der Waals surface area contributed by atoms with E-state index in [1.807, 2.05) is 54.6 Å². The van der Waals surface area contributed by atoms with Gasteiger partial charge in [-0.05, 0) is 52.6 Å². The number of rotatable bonds is 6. The van der Waals surface area contributed by atoms with E-state index in [1.165, 1.54) is 0 Å².